The molecule has 0 aromatic rings. The minimum absolute atomic E-state index is 0. The van der Waals surface area contributed by atoms with Crippen LogP contribution in [0.1, 0.15) is 40.0 Å². The summed E-state index contributed by atoms with van der Waals surface area (Å²) in [4.78, 5) is 21.6. The monoisotopic (exact) mass is 549 g/mol. The lowest BCUT2D eigenvalue weighted by Gasteiger charge is -2.36. The van der Waals surface area contributed by atoms with Crippen LogP contribution in [0.15, 0.2) is 4.99 Å². The topological polar surface area (TPSA) is 74.4 Å². The van der Waals surface area contributed by atoms with Crippen molar-refractivity contribution in [3.63, 3.8) is 0 Å². The molecule has 0 unspecified atom stereocenters. The average molecular weight is 549 g/mol. The molecule has 2 saturated heterocycles. The zero-order valence-electron chi connectivity index (χ0n) is 18.1. The van der Waals surface area contributed by atoms with E-state index in [0.29, 0.717) is 57.7 Å². The second-order valence-corrected chi connectivity index (χ2v) is 8.82. The summed E-state index contributed by atoms with van der Waals surface area (Å²) in [6.07, 6.45) is -2.08. The molecule has 2 heterocycles. The Morgan fingerprint density at radius 1 is 1.03 bits per heavy atom. The summed E-state index contributed by atoms with van der Waals surface area (Å²) in [6, 6.07) is 0. The number of amides is 1. The van der Waals surface area contributed by atoms with E-state index in [2.05, 4.69) is 4.99 Å². The van der Waals surface area contributed by atoms with Crippen molar-refractivity contribution in [2.75, 3.05) is 52.4 Å². The Bertz CT molecular complexity index is 567. The Labute approximate surface area is 194 Å². The highest BCUT2D eigenvalue weighted by Crippen LogP contribution is 2.24. The summed E-state index contributed by atoms with van der Waals surface area (Å²) >= 11 is 0. The van der Waals surface area contributed by atoms with Crippen LogP contribution in [0.2, 0.25) is 0 Å². The number of hydrogen-bond donors (Lipinski definition) is 1. The lowest BCUT2D eigenvalue weighted by molar-refractivity contribution is -0.148. The number of halogens is 4. The number of guanidine groups is 1. The second-order valence-electron chi connectivity index (χ2n) is 8.82. The Hall–Kier alpha value is -0.980. The van der Waals surface area contributed by atoms with Gasteiger partial charge in [0.25, 0.3) is 0 Å². The minimum Gasteiger partial charge on any atom is -0.444 e. The van der Waals surface area contributed by atoms with E-state index < -0.39 is 18.3 Å². The van der Waals surface area contributed by atoms with E-state index in [1.807, 2.05) is 25.7 Å². The molecule has 0 atom stereocenters. The Balaban J connectivity index is 0.00000450. The van der Waals surface area contributed by atoms with Gasteiger partial charge in [-0.05, 0) is 59.0 Å². The molecule has 2 rings (SSSR count). The Morgan fingerprint density at radius 3 is 2.07 bits per heavy atom. The first-order valence-electron chi connectivity index (χ1n) is 10.2. The standard InChI is InChI=1S/C19H34F3N5O2.HI/c1-18(2,3)29-17(28)27-12-10-26(11-13-27)16(23)24-7-4-15-5-8-25(9-6-15)14-19(20,21)22;/h15H,4-14H2,1-3H3,(H2,23,24);1H. The molecule has 30 heavy (non-hydrogen) atoms. The maximum atomic E-state index is 12.4. The fraction of sp³-hybridized carbons (Fsp3) is 0.895. The quantitative estimate of drug-likeness (QED) is 0.332. The number of hydrogen-bond acceptors (Lipinski definition) is 4. The molecular formula is C19H35F3IN5O2. The highest BCUT2D eigenvalue weighted by Gasteiger charge is 2.32. The van der Waals surface area contributed by atoms with Crippen molar-refractivity contribution in [1.82, 2.24) is 14.7 Å². The number of piperidine rings is 1. The summed E-state index contributed by atoms with van der Waals surface area (Å²) in [6.45, 7) is 8.50. The van der Waals surface area contributed by atoms with E-state index in [0.717, 1.165) is 19.3 Å². The van der Waals surface area contributed by atoms with Crippen LogP contribution < -0.4 is 5.73 Å². The van der Waals surface area contributed by atoms with E-state index in [1.54, 1.807) is 4.90 Å². The molecule has 2 aliphatic rings. The van der Waals surface area contributed by atoms with Crippen LogP contribution in [0.5, 0.6) is 0 Å². The normalized spacial score (nSPS) is 20.1. The fourth-order valence-electron chi connectivity index (χ4n) is 3.59. The molecule has 7 nitrogen and oxygen atoms in total. The van der Waals surface area contributed by atoms with Gasteiger partial charge in [0, 0.05) is 32.7 Å². The third-order valence-corrected chi connectivity index (χ3v) is 5.18. The van der Waals surface area contributed by atoms with Gasteiger partial charge in [0.15, 0.2) is 5.96 Å². The number of rotatable bonds is 4. The molecule has 0 aromatic heterocycles. The molecule has 2 fully saturated rings. The number of likely N-dealkylation sites (tertiary alicyclic amines) is 1. The van der Waals surface area contributed by atoms with Crippen LogP contribution in [0, 0.1) is 5.92 Å². The number of ether oxygens (including phenoxy) is 1. The lowest BCUT2D eigenvalue weighted by atomic mass is 9.93. The van der Waals surface area contributed by atoms with Crippen molar-refractivity contribution in [3.05, 3.63) is 0 Å². The highest BCUT2D eigenvalue weighted by atomic mass is 127. The predicted molar refractivity (Wildman–Crippen MR) is 121 cm³/mol. The fourth-order valence-corrected chi connectivity index (χ4v) is 3.59. The highest BCUT2D eigenvalue weighted by molar-refractivity contribution is 14.0. The average Bonchev–Trinajstić information content (AvgIpc) is 2.60. The van der Waals surface area contributed by atoms with Gasteiger partial charge in [0.1, 0.15) is 5.60 Å². The van der Waals surface area contributed by atoms with Crippen LogP contribution in [0.25, 0.3) is 0 Å². The molecule has 0 saturated carbocycles. The van der Waals surface area contributed by atoms with Gasteiger partial charge in [-0.3, -0.25) is 9.89 Å². The maximum Gasteiger partial charge on any atom is 0.410 e. The van der Waals surface area contributed by atoms with Crippen molar-refractivity contribution in [3.8, 4) is 0 Å². The summed E-state index contributed by atoms with van der Waals surface area (Å²) < 4.78 is 42.7. The summed E-state index contributed by atoms with van der Waals surface area (Å²) in [5.41, 5.74) is 5.57. The van der Waals surface area contributed by atoms with Gasteiger partial charge < -0.3 is 20.3 Å². The number of carbonyl (C=O) groups excluding carboxylic acids is 1. The van der Waals surface area contributed by atoms with E-state index >= 15 is 0 Å². The van der Waals surface area contributed by atoms with Crippen LogP contribution in [-0.4, -0.2) is 90.9 Å². The molecule has 0 bridgehead atoms. The molecule has 2 N–H and O–H groups in total. The van der Waals surface area contributed by atoms with E-state index in [9.17, 15) is 18.0 Å². The van der Waals surface area contributed by atoms with Crippen molar-refractivity contribution in [2.24, 2.45) is 16.6 Å². The van der Waals surface area contributed by atoms with Gasteiger partial charge >= 0.3 is 12.3 Å². The molecular weight excluding hydrogens is 514 g/mol. The molecule has 0 aliphatic carbocycles. The van der Waals surface area contributed by atoms with Crippen molar-refractivity contribution < 1.29 is 22.7 Å². The number of nitrogens with two attached hydrogens (primary N) is 1. The van der Waals surface area contributed by atoms with E-state index in [-0.39, 0.29) is 30.1 Å². The number of piperazine rings is 1. The smallest absolute Gasteiger partial charge is 0.410 e. The van der Waals surface area contributed by atoms with Gasteiger partial charge in [-0.15, -0.1) is 24.0 Å². The van der Waals surface area contributed by atoms with Crippen LogP contribution >= 0.6 is 24.0 Å². The molecule has 0 spiro atoms. The van der Waals surface area contributed by atoms with Gasteiger partial charge in [0.05, 0.1) is 6.54 Å². The van der Waals surface area contributed by atoms with Gasteiger partial charge in [-0.2, -0.15) is 13.2 Å². The summed E-state index contributed by atoms with van der Waals surface area (Å²) in [7, 11) is 0. The number of nitrogens with zero attached hydrogens (tertiary/aromatic N) is 4. The number of alkyl halides is 3. The third kappa shape index (κ3) is 9.88. The van der Waals surface area contributed by atoms with Crippen molar-refractivity contribution in [1.29, 1.82) is 0 Å². The molecule has 176 valence electrons. The Morgan fingerprint density at radius 2 is 1.57 bits per heavy atom. The first kappa shape index (κ1) is 27.1. The first-order valence-corrected chi connectivity index (χ1v) is 10.2. The zero-order chi connectivity index (χ0) is 21.7. The predicted octanol–water partition coefficient (Wildman–Crippen LogP) is 3.14. The molecule has 0 radical (unpaired) electrons. The molecule has 11 heteroatoms. The van der Waals surface area contributed by atoms with Crippen LogP contribution in [-0.2, 0) is 4.74 Å². The Kier molecular flexibility index (Phi) is 10.4. The van der Waals surface area contributed by atoms with Gasteiger partial charge in [0.2, 0.25) is 0 Å². The van der Waals surface area contributed by atoms with Crippen molar-refractivity contribution >= 4 is 36.0 Å². The number of carbonyl (C=O) groups is 1. The van der Waals surface area contributed by atoms with Crippen LogP contribution in [0.4, 0.5) is 18.0 Å². The van der Waals surface area contributed by atoms with E-state index in [4.69, 9.17) is 10.5 Å². The van der Waals surface area contributed by atoms with Crippen LogP contribution in [0.3, 0.4) is 0 Å². The zero-order valence-corrected chi connectivity index (χ0v) is 20.4. The van der Waals surface area contributed by atoms with Crippen molar-refractivity contribution in [2.45, 2.75) is 51.8 Å². The van der Waals surface area contributed by atoms with Gasteiger partial charge in [-0.1, -0.05) is 0 Å². The SMILES string of the molecule is CC(C)(C)OC(=O)N1CCN(C(N)=NCCC2CCN(CC(F)(F)F)CC2)CC1.I. The first-order chi connectivity index (χ1) is 13.4. The molecule has 2 aliphatic heterocycles. The molecule has 1 amide bonds. The number of aliphatic imine (C=N–C) groups is 1. The third-order valence-electron chi connectivity index (χ3n) is 5.18. The second kappa shape index (κ2) is 11.6. The lowest BCUT2D eigenvalue weighted by Crippen LogP contribution is -2.53. The minimum atomic E-state index is -4.13. The van der Waals surface area contributed by atoms with E-state index in [1.165, 1.54) is 4.90 Å². The largest absolute Gasteiger partial charge is 0.444 e. The summed E-state index contributed by atoms with van der Waals surface area (Å²) in [5.74, 6) is 0.850. The molecule has 0 aromatic carbocycles. The summed E-state index contributed by atoms with van der Waals surface area (Å²) in [5, 5.41) is 0. The maximum absolute atomic E-state index is 12.4. The van der Waals surface area contributed by atoms with Gasteiger partial charge in [-0.25, -0.2) is 4.79 Å².